The third-order valence-electron chi connectivity index (χ3n) is 6.57. The number of benzene rings is 1. The van der Waals surface area contributed by atoms with Gasteiger partial charge < -0.3 is 20.1 Å². The Kier molecular flexibility index (Phi) is 3.06. The van der Waals surface area contributed by atoms with Crippen LogP contribution in [-0.4, -0.2) is 21.3 Å². The Balaban J connectivity index is 2.02. The van der Waals surface area contributed by atoms with E-state index < -0.39 is 17.6 Å². The van der Waals surface area contributed by atoms with E-state index in [1.165, 1.54) is 0 Å². The Morgan fingerprint density at radius 1 is 1.25 bits per heavy atom. The monoisotopic (exact) mass is 332 g/mol. The number of aromatic hydroxyl groups is 2. The first-order chi connectivity index (χ1) is 11.2. The molecule has 5 nitrogen and oxygen atoms in total. The van der Waals surface area contributed by atoms with Gasteiger partial charge in [-0.25, -0.2) is 0 Å². The van der Waals surface area contributed by atoms with Gasteiger partial charge in [0, 0.05) is 16.7 Å². The van der Waals surface area contributed by atoms with Crippen LogP contribution in [0.25, 0.3) is 0 Å². The number of hydrogen-bond acceptors (Lipinski definition) is 5. The van der Waals surface area contributed by atoms with Gasteiger partial charge in [0.25, 0.3) is 0 Å². The molecule has 2 fully saturated rings. The lowest BCUT2D eigenvalue weighted by Gasteiger charge is -2.58. The molecule has 4 atom stereocenters. The zero-order valence-corrected chi connectivity index (χ0v) is 14.3. The summed E-state index contributed by atoms with van der Waals surface area (Å²) in [6, 6.07) is 1.70. The topological polar surface area (TPSA) is 87.0 Å². The van der Waals surface area contributed by atoms with E-state index in [1.807, 2.05) is 0 Å². The summed E-state index contributed by atoms with van der Waals surface area (Å²) in [6.45, 7) is 5.89. The molecule has 130 valence electrons. The number of fused-ring (bicyclic) bond motifs is 1. The highest BCUT2D eigenvalue weighted by atomic mass is 16.5. The van der Waals surface area contributed by atoms with Gasteiger partial charge in [-0.05, 0) is 43.6 Å². The van der Waals surface area contributed by atoms with E-state index in [0.29, 0.717) is 12.0 Å². The zero-order chi connectivity index (χ0) is 17.4. The minimum absolute atomic E-state index is 0.0291. The van der Waals surface area contributed by atoms with Crippen LogP contribution in [0, 0.1) is 11.3 Å². The maximum absolute atomic E-state index is 12.9. The lowest BCUT2D eigenvalue weighted by Crippen LogP contribution is -2.59. The van der Waals surface area contributed by atoms with Crippen molar-refractivity contribution in [2.45, 2.75) is 64.1 Å². The molecule has 1 spiro atoms. The molecule has 1 aromatic rings. The van der Waals surface area contributed by atoms with Crippen LogP contribution in [0.4, 0.5) is 0 Å². The number of carbonyl (C=O) groups excluding carboxylic acids is 1. The predicted octanol–water partition coefficient (Wildman–Crippen LogP) is 3.22. The van der Waals surface area contributed by atoms with Gasteiger partial charge in [0.1, 0.15) is 11.5 Å². The SMILES string of the molecule is CC(O)c1cc2c(c(O)c1O)[C@@]13CCCC(C)(C)C1C[C@@H]2OC3=O. The number of hydrogen-bond donors (Lipinski definition) is 3. The molecule has 24 heavy (non-hydrogen) atoms. The van der Waals surface area contributed by atoms with Gasteiger partial charge >= 0.3 is 5.97 Å². The van der Waals surface area contributed by atoms with E-state index in [2.05, 4.69) is 13.8 Å². The molecule has 4 aliphatic rings. The highest BCUT2D eigenvalue weighted by Crippen LogP contribution is 2.66. The lowest BCUT2D eigenvalue weighted by molar-refractivity contribution is -0.185. The van der Waals surface area contributed by atoms with Crippen molar-refractivity contribution < 1.29 is 24.9 Å². The number of esters is 1. The zero-order valence-electron chi connectivity index (χ0n) is 14.3. The smallest absolute Gasteiger partial charge is 0.317 e. The minimum Gasteiger partial charge on any atom is -0.504 e. The molecule has 1 aromatic carbocycles. The summed E-state index contributed by atoms with van der Waals surface area (Å²) in [4.78, 5) is 12.9. The van der Waals surface area contributed by atoms with Gasteiger partial charge in [0.2, 0.25) is 0 Å². The van der Waals surface area contributed by atoms with Crippen LogP contribution in [-0.2, 0) is 14.9 Å². The number of aliphatic hydroxyl groups excluding tert-OH is 1. The van der Waals surface area contributed by atoms with E-state index in [1.54, 1.807) is 13.0 Å². The number of aliphatic hydroxyl groups is 1. The molecule has 5 heteroatoms. The fourth-order valence-electron chi connectivity index (χ4n) is 5.43. The average Bonchev–Trinajstić information content (AvgIpc) is 2.50. The van der Waals surface area contributed by atoms with Crippen LogP contribution >= 0.6 is 0 Å². The lowest BCUT2D eigenvalue weighted by atomic mass is 9.47. The van der Waals surface area contributed by atoms with Crippen LogP contribution in [0.1, 0.15) is 75.4 Å². The molecule has 2 bridgehead atoms. The predicted molar refractivity (Wildman–Crippen MR) is 86.7 cm³/mol. The second-order valence-corrected chi connectivity index (χ2v) is 8.30. The molecular formula is C19H24O5. The van der Waals surface area contributed by atoms with Gasteiger partial charge in [0.05, 0.1) is 6.10 Å². The molecule has 1 saturated carbocycles. The molecule has 0 radical (unpaired) electrons. The van der Waals surface area contributed by atoms with Crippen molar-refractivity contribution in [3.63, 3.8) is 0 Å². The van der Waals surface area contributed by atoms with Crippen LogP contribution < -0.4 is 0 Å². The molecule has 2 heterocycles. The molecule has 3 N–H and O–H groups in total. The molecule has 2 aliphatic carbocycles. The summed E-state index contributed by atoms with van der Waals surface area (Å²) in [7, 11) is 0. The largest absolute Gasteiger partial charge is 0.504 e. The van der Waals surface area contributed by atoms with Crippen molar-refractivity contribution in [1.82, 2.24) is 0 Å². The van der Waals surface area contributed by atoms with Crippen molar-refractivity contribution >= 4 is 5.97 Å². The molecule has 1 saturated heterocycles. The van der Waals surface area contributed by atoms with Gasteiger partial charge in [-0.1, -0.05) is 20.3 Å². The molecule has 0 amide bonds. The molecule has 5 rings (SSSR count). The Hall–Kier alpha value is -1.75. The second kappa shape index (κ2) is 4.66. The van der Waals surface area contributed by atoms with Crippen molar-refractivity contribution in [2.24, 2.45) is 11.3 Å². The average molecular weight is 332 g/mol. The van der Waals surface area contributed by atoms with Crippen LogP contribution in [0.15, 0.2) is 6.07 Å². The third-order valence-corrected chi connectivity index (χ3v) is 6.57. The Morgan fingerprint density at radius 2 is 1.96 bits per heavy atom. The summed E-state index contributed by atoms with van der Waals surface area (Å²) in [5, 5.41) is 31.0. The highest BCUT2D eigenvalue weighted by Gasteiger charge is 2.65. The third kappa shape index (κ3) is 1.71. The second-order valence-electron chi connectivity index (χ2n) is 8.30. The fraction of sp³-hybridized carbons (Fsp3) is 0.632. The number of rotatable bonds is 1. The van der Waals surface area contributed by atoms with E-state index in [9.17, 15) is 20.1 Å². The van der Waals surface area contributed by atoms with Crippen molar-refractivity contribution in [3.05, 3.63) is 22.8 Å². The van der Waals surface area contributed by atoms with Crippen molar-refractivity contribution in [1.29, 1.82) is 0 Å². The van der Waals surface area contributed by atoms with Crippen LogP contribution in [0.3, 0.4) is 0 Å². The minimum atomic E-state index is -0.909. The summed E-state index contributed by atoms with van der Waals surface area (Å²) in [5.41, 5.74) is 0.644. The van der Waals surface area contributed by atoms with Crippen LogP contribution in [0.5, 0.6) is 11.5 Å². The number of phenolic OH excluding ortho intramolecular Hbond substituents is 2. The molecule has 2 aliphatic heterocycles. The highest BCUT2D eigenvalue weighted by molar-refractivity contribution is 5.89. The standard InChI is InChI=1S/C19H24O5/c1-9(20)10-7-11-12-8-13-18(2,3)5-4-6-19(13,17(23)24-12)14(11)16(22)15(10)21/h7,9,12-13,20-22H,4-6,8H2,1-3H3/t9?,12-,13?,19+/m0/s1. The number of carbonyl (C=O) groups is 1. The van der Waals surface area contributed by atoms with Crippen molar-refractivity contribution in [2.75, 3.05) is 0 Å². The van der Waals surface area contributed by atoms with Gasteiger partial charge in [-0.3, -0.25) is 4.79 Å². The van der Waals surface area contributed by atoms with Gasteiger partial charge in [0.15, 0.2) is 11.5 Å². The summed E-state index contributed by atoms with van der Waals surface area (Å²) in [5.74, 6) is -0.767. The first-order valence-electron chi connectivity index (χ1n) is 8.68. The van der Waals surface area contributed by atoms with E-state index in [0.717, 1.165) is 24.8 Å². The Morgan fingerprint density at radius 3 is 2.62 bits per heavy atom. The van der Waals surface area contributed by atoms with E-state index in [4.69, 9.17) is 4.74 Å². The quantitative estimate of drug-likeness (QED) is 0.543. The Labute approximate surface area is 141 Å². The molecular weight excluding hydrogens is 308 g/mol. The fourth-order valence-corrected chi connectivity index (χ4v) is 5.43. The first-order valence-corrected chi connectivity index (χ1v) is 8.68. The van der Waals surface area contributed by atoms with Gasteiger partial charge in [-0.2, -0.15) is 0 Å². The summed E-state index contributed by atoms with van der Waals surface area (Å²) in [6.07, 6.45) is 1.94. The normalized spacial score (nSPS) is 34.2. The number of ether oxygens (including phenoxy) is 1. The summed E-state index contributed by atoms with van der Waals surface area (Å²) < 4.78 is 5.68. The van der Waals surface area contributed by atoms with E-state index >= 15 is 0 Å². The summed E-state index contributed by atoms with van der Waals surface area (Å²) >= 11 is 0. The van der Waals surface area contributed by atoms with Crippen LogP contribution in [0.2, 0.25) is 0 Å². The van der Waals surface area contributed by atoms with Gasteiger partial charge in [-0.15, -0.1) is 0 Å². The van der Waals surface area contributed by atoms with E-state index in [-0.39, 0.29) is 34.4 Å². The maximum Gasteiger partial charge on any atom is 0.317 e. The Bertz CT molecular complexity index is 736. The first kappa shape index (κ1) is 15.8. The van der Waals surface area contributed by atoms with Crippen molar-refractivity contribution in [3.8, 4) is 11.5 Å². The molecule has 0 aromatic heterocycles. The number of phenols is 2. The maximum atomic E-state index is 12.9. The molecule has 2 unspecified atom stereocenters.